The van der Waals surface area contributed by atoms with Crippen LogP contribution in [0.3, 0.4) is 0 Å². The van der Waals surface area contributed by atoms with Gasteiger partial charge in [-0.25, -0.2) is 4.79 Å². The first-order chi connectivity index (χ1) is 15.0. The van der Waals surface area contributed by atoms with Crippen LogP contribution >= 0.6 is 11.3 Å². The number of carbonyl (C=O) groups is 2. The number of anilines is 1. The number of rotatable bonds is 8. The number of carbonyl (C=O) groups excluding carboxylic acids is 2. The van der Waals surface area contributed by atoms with Crippen LogP contribution in [0.2, 0.25) is 0 Å². The fraction of sp³-hybridized carbons (Fsp3) is 0.130. The van der Waals surface area contributed by atoms with E-state index in [1.54, 1.807) is 24.4 Å². The van der Waals surface area contributed by atoms with Crippen LogP contribution in [0.25, 0.3) is 17.2 Å². The highest BCUT2D eigenvalue weighted by Gasteiger charge is 2.22. The molecule has 0 spiro atoms. The molecule has 0 fully saturated rings. The molecule has 1 heterocycles. The monoisotopic (exact) mass is 443 g/mol. The number of halogens is 2. The smallest absolute Gasteiger partial charge is 0.387 e. The van der Waals surface area contributed by atoms with Crippen LogP contribution in [-0.2, 0) is 9.53 Å². The van der Waals surface area contributed by atoms with Crippen LogP contribution in [0, 0.1) is 0 Å². The topological polar surface area (TPSA) is 64.6 Å². The Bertz CT molecular complexity index is 1060. The highest BCUT2D eigenvalue weighted by molar-refractivity contribution is 7.15. The maximum Gasteiger partial charge on any atom is 0.387 e. The number of ether oxygens (including phenoxy) is 2. The molecule has 2 aromatic carbocycles. The molecule has 0 unspecified atom stereocenters. The molecule has 1 N–H and O–H groups in total. The summed E-state index contributed by atoms with van der Waals surface area (Å²) in [6, 6.07) is 15.2. The first kappa shape index (κ1) is 22.2. The molecule has 0 saturated carbocycles. The highest BCUT2D eigenvalue weighted by atomic mass is 32.1. The molecule has 0 atom stereocenters. The lowest BCUT2D eigenvalue weighted by Gasteiger charge is -2.08. The molecule has 3 aromatic rings. The van der Waals surface area contributed by atoms with Crippen molar-refractivity contribution in [2.75, 3.05) is 11.9 Å². The van der Waals surface area contributed by atoms with Crippen molar-refractivity contribution in [2.45, 2.75) is 13.5 Å². The minimum absolute atomic E-state index is 0.0303. The fourth-order valence-corrected chi connectivity index (χ4v) is 3.73. The van der Waals surface area contributed by atoms with E-state index < -0.39 is 18.5 Å². The van der Waals surface area contributed by atoms with Crippen molar-refractivity contribution < 1.29 is 27.8 Å². The minimum atomic E-state index is -2.90. The maximum absolute atomic E-state index is 12.5. The number of thiophene rings is 1. The van der Waals surface area contributed by atoms with Gasteiger partial charge in [-0.3, -0.25) is 4.79 Å². The van der Waals surface area contributed by atoms with Gasteiger partial charge in [0.05, 0.1) is 6.61 Å². The second-order valence-corrected chi connectivity index (χ2v) is 7.09. The molecule has 0 aliphatic rings. The van der Waals surface area contributed by atoms with Crippen LogP contribution in [0.4, 0.5) is 13.8 Å². The van der Waals surface area contributed by atoms with E-state index >= 15 is 0 Å². The molecule has 31 heavy (non-hydrogen) atoms. The molecular weight excluding hydrogens is 424 g/mol. The molecule has 8 heteroatoms. The Morgan fingerprint density at radius 3 is 2.45 bits per heavy atom. The summed E-state index contributed by atoms with van der Waals surface area (Å²) in [5.41, 5.74) is 2.44. The quantitative estimate of drug-likeness (QED) is 0.351. The summed E-state index contributed by atoms with van der Waals surface area (Å²) < 4.78 is 33.9. The lowest BCUT2D eigenvalue weighted by atomic mass is 10.0. The first-order valence-electron chi connectivity index (χ1n) is 9.36. The van der Waals surface area contributed by atoms with E-state index in [-0.39, 0.29) is 12.4 Å². The number of amides is 1. The lowest BCUT2D eigenvalue weighted by molar-refractivity contribution is -0.111. The van der Waals surface area contributed by atoms with Gasteiger partial charge in [0.15, 0.2) is 0 Å². The summed E-state index contributed by atoms with van der Waals surface area (Å²) >= 11 is 1.23. The third kappa shape index (κ3) is 5.99. The van der Waals surface area contributed by atoms with Gasteiger partial charge in [0.1, 0.15) is 16.3 Å². The van der Waals surface area contributed by atoms with Crippen LogP contribution in [0.1, 0.15) is 22.8 Å². The molecule has 160 valence electrons. The Morgan fingerprint density at radius 1 is 1.10 bits per heavy atom. The molecule has 0 bridgehead atoms. The largest absolute Gasteiger partial charge is 0.462 e. The second-order valence-electron chi connectivity index (χ2n) is 6.21. The number of esters is 1. The summed E-state index contributed by atoms with van der Waals surface area (Å²) in [5, 5.41) is 4.89. The van der Waals surface area contributed by atoms with Gasteiger partial charge in [0.2, 0.25) is 5.91 Å². The van der Waals surface area contributed by atoms with Gasteiger partial charge in [-0.2, -0.15) is 8.78 Å². The predicted octanol–water partition coefficient (Wildman–Crippen LogP) is 5.85. The van der Waals surface area contributed by atoms with Gasteiger partial charge >= 0.3 is 12.6 Å². The van der Waals surface area contributed by atoms with Crippen molar-refractivity contribution in [2.24, 2.45) is 0 Å². The van der Waals surface area contributed by atoms with Crippen LogP contribution in [0.15, 0.2) is 66.1 Å². The zero-order valence-electron chi connectivity index (χ0n) is 16.5. The van der Waals surface area contributed by atoms with Crippen LogP contribution < -0.4 is 10.1 Å². The zero-order chi connectivity index (χ0) is 22.2. The van der Waals surface area contributed by atoms with Gasteiger partial charge < -0.3 is 14.8 Å². The van der Waals surface area contributed by atoms with Gasteiger partial charge in [-0.1, -0.05) is 42.5 Å². The number of hydrogen-bond donors (Lipinski definition) is 1. The molecule has 1 aromatic heterocycles. The molecule has 0 saturated heterocycles. The average Bonchev–Trinajstić information content (AvgIpc) is 3.17. The van der Waals surface area contributed by atoms with Crippen molar-refractivity contribution in [1.29, 1.82) is 0 Å². The SMILES string of the molecule is CCOC(=O)c1c(-c2ccccc2)csc1NC(=O)/C=C/c1ccc(OC(F)F)cc1. The molecule has 0 aliphatic heterocycles. The second kappa shape index (κ2) is 10.5. The summed E-state index contributed by atoms with van der Waals surface area (Å²) in [7, 11) is 0. The molecule has 0 aliphatic carbocycles. The molecule has 3 rings (SSSR count). The fourth-order valence-electron chi connectivity index (χ4n) is 2.77. The standard InChI is InChI=1S/C23H19F2NO4S/c1-2-29-22(28)20-18(16-6-4-3-5-7-16)14-31-21(20)26-19(27)13-10-15-8-11-17(12-9-15)30-23(24)25/h3-14,23H,2H2,1H3,(H,26,27)/b13-10+. The Morgan fingerprint density at radius 2 is 1.81 bits per heavy atom. The maximum atomic E-state index is 12.5. The van der Waals surface area contributed by atoms with Gasteiger partial charge in [0, 0.05) is 17.0 Å². The van der Waals surface area contributed by atoms with Crippen LogP contribution in [0.5, 0.6) is 5.75 Å². The number of nitrogens with one attached hydrogen (secondary N) is 1. The van der Waals surface area contributed by atoms with Crippen LogP contribution in [-0.4, -0.2) is 25.1 Å². The predicted molar refractivity (Wildman–Crippen MR) is 116 cm³/mol. The number of alkyl halides is 2. The Kier molecular flexibility index (Phi) is 7.50. The van der Waals surface area contributed by atoms with E-state index in [0.717, 1.165) is 5.56 Å². The van der Waals surface area contributed by atoms with E-state index in [0.29, 0.717) is 21.7 Å². The number of benzene rings is 2. The Hall–Kier alpha value is -3.52. The molecule has 5 nitrogen and oxygen atoms in total. The van der Waals surface area contributed by atoms with Crippen molar-refractivity contribution in [3.8, 4) is 16.9 Å². The zero-order valence-corrected chi connectivity index (χ0v) is 17.3. The third-order valence-corrected chi connectivity index (χ3v) is 5.02. The summed E-state index contributed by atoms with van der Waals surface area (Å²) in [5.74, 6) is -0.931. The Labute approximate surface area is 181 Å². The van der Waals surface area contributed by atoms with Gasteiger partial charge in [-0.15, -0.1) is 11.3 Å². The van der Waals surface area contributed by atoms with E-state index in [1.807, 2.05) is 30.3 Å². The third-order valence-electron chi connectivity index (χ3n) is 4.12. The summed E-state index contributed by atoms with van der Waals surface area (Å²) in [4.78, 5) is 24.9. The van der Waals surface area contributed by atoms with Gasteiger partial charge in [0.25, 0.3) is 0 Å². The van der Waals surface area contributed by atoms with Crippen molar-refractivity contribution >= 4 is 34.3 Å². The number of hydrogen-bond acceptors (Lipinski definition) is 5. The van der Waals surface area contributed by atoms with Crippen molar-refractivity contribution in [3.63, 3.8) is 0 Å². The lowest BCUT2D eigenvalue weighted by Crippen LogP contribution is -2.12. The van der Waals surface area contributed by atoms with E-state index in [9.17, 15) is 18.4 Å². The summed E-state index contributed by atoms with van der Waals surface area (Å²) in [6.45, 7) is -0.973. The summed E-state index contributed by atoms with van der Waals surface area (Å²) in [6.07, 6.45) is 2.82. The van der Waals surface area contributed by atoms with E-state index in [1.165, 1.54) is 35.6 Å². The first-order valence-corrected chi connectivity index (χ1v) is 10.2. The minimum Gasteiger partial charge on any atom is -0.462 e. The highest BCUT2D eigenvalue weighted by Crippen LogP contribution is 2.36. The van der Waals surface area contributed by atoms with Crippen molar-refractivity contribution in [3.05, 3.63) is 77.2 Å². The van der Waals surface area contributed by atoms with E-state index in [4.69, 9.17) is 4.74 Å². The Balaban J connectivity index is 1.77. The van der Waals surface area contributed by atoms with Crippen molar-refractivity contribution in [1.82, 2.24) is 0 Å². The molecule has 0 radical (unpaired) electrons. The van der Waals surface area contributed by atoms with E-state index in [2.05, 4.69) is 10.1 Å². The average molecular weight is 443 g/mol. The normalized spacial score (nSPS) is 11.0. The van der Waals surface area contributed by atoms with Gasteiger partial charge in [-0.05, 0) is 36.3 Å². The molecular formula is C23H19F2NO4S. The molecule has 1 amide bonds.